The highest BCUT2D eigenvalue weighted by Gasteiger charge is 2.24. The predicted octanol–water partition coefficient (Wildman–Crippen LogP) is -0.419. The molecule has 2 unspecified atom stereocenters. The lowest BCUT2D eigenvalue weighted by atomic mass is 10.1. The largest absolute Gasteiger partial charge is 0.481 e. The van der Waals surface area contributed by atoms with Crippen LogP contribution in [0, 0.1) is 0 Å². The van der Waals surface area contributed by atoms with Gasteiger partial charge in [0.1, 0.15) is 11.3 Å². The van der Waals surface area contributed by atoms with Crippen molar-refractivity contribution in [1.29, 1.82) is 0 Å². The Morgan fingerprint density at radius 3 is 2.69 bits per heavy atom. The lowest BCUT2D eigenvalue weighted by molar-refractivity contribution is -0.141. The van der Waals surface area contributed by atoms with Crippen molar-refractivity contribution in [2.45, 2.75) is 18.6 Å². The first-order valence-electron chi connectivity index (χ1n) is 4.27. The zero-order valence-electron chi connectivity index (χ0n) is 8.04. The van der Waals surface area contributed by atoms with Gasteiger partial charge in [-0.2, -0.15) is 0 Å². The number of carboxylic acids is 1. The number of aliphatic hydroxyl groups is 2. The van der Waals surface area contributed by atoms with E-state index in [2.05, 4.69) is 9.97 Å². The van der Waals surface area contributed by atoms with Gasteiger partial charge in [-0.25, -0.2) is 9.97 Å². The topological polar surface area (TPSA) is 130 Å². The van der Waals surface area contributed by atoms with Gasteiger partial charge in [-0.15, -0.1) is 0 Å². The highest BCUT2D eigenvalue weighted by atomic mass is 35.5. The van der Waals surface area contributed by atoms with Crippen molar-refractivity contribution in [3.8, 4) is 0 Å². The fourth-order valence-corrected chi connectivity index (χ4v) is 1.33. The molecule has 0 spiro atoms. The highest BCUT2D eigenvalue weighted by Crippen LogP contribution is 2.24. The van der Waals surface area contributed by atoms with Gasteiger partial charge in [-0.1, -0.05) is 11.6 Å². The minimum atomic E-state index is -1.48. The number of nitrogens with two attached hydrogens (primary N) is 1. The number of carboxylic acid groups (broad SMARTS) is 1. The van der Waals surface area contributed by atoms with E-state index in [1.165, 1.54) is 0 Å². The van der Waals surface area contributed by atoms with E-state index in [-0.39, 0.29) is 16.7 Å². The zero-order valence-corrected chi connectivity index (χ0v) is 8.79. The number of aliphatic hydroxyl groups excluding tert-OH is 2. The first-order valence-corrected chi connectivity index (χ1v) is 4.65. The lowest BCUT2D eigenvalue weighted by Gasteiger charge is -2.16. The molecular formula is C8H10ClN3O4. The predicted molar refractivity (Wildman–Crippen MR) is 54.7 cm³/mol. The monoisotopic (exact) mass is 247 g/mol. The van der Waals surface area contributed by atoms with Gasteiger partial charge in [0.05, 0.1) is 12.5 Å². The third kappa shape index (κ3) is 3.02. The molecule has 0 aliphatic heterocycles. The summed E-state index contributed by atoms with van der Waals surface area (Å²) in [6.07, 6.45) is -2.42. The summed E-state index contributed by atoms with van der Waals surface area (Å²) in [5.41, 5.74) is 5.27. The maximum Gasteiger partial charge on any atom is 0.306 e. The lowest BCUT2D eigenvalue weighted by Crippen LogP contribution is -2.22. The molecule has 1 rings (SSSR count). The van der Waals surface area contributed by atoms with Crippen LogP contribution in [-0.4, -0.2) is 37.4 Å². The van der Waals surface area contributed by atoms with Crippen molar-refractivity contribution >= 4 is 23.5 Å². The second-order valence-corrected chi connectivity index (χ2v) is 3.44. The molecule has 1 aromatic rings. The van der Waals surface area contributed by atoms with Crippen LogP contribution in [0.2, 0.25) is 5.15 Å². The molecule has 16 heavy (non-hydrogen) atoms. The standard InChI is InChI=1S/C8H10ClN3O4/c9-7-3(2-11-8(10)12-7)6(16)4(13)1-5(14)15/h2,4,6,13,16H,1H2,(H,14,15)(H2,10,11,12). The molecule has 1 heterocycles. The third-order valence-electron chi connectivity index (χ3n) is 1.85. The van der Waals surface area contributed by atoms with E-state index >= 15 is 0 Å². The highest BCUT2D eigenvalue weighted by molar-refractivity contribution is 6.30. The minimum absolute atomic E-state index is 0.0321. The quantitative estimate of drug-likeness (QED) is 0.532. The van der Waals surface area contributed by atoms with Crippen molar-refractivity contribution in [3.63, 3.8) is 0 Å². The summed E-state index contributed by atoms with van der Waals surface area (Å²) in [5, 5.41) is 27.3. The first-order chi connectivity index (χ1) is 7.41. The van der Waals surface area contributed by atoms with Crippen molar-refractivity contribution in [2.24, 2.45) is 0 Å². The molecule has 7 nitrogen and oxygen atoms in total. The first kappa shape index (κ1) is 12.6. The van der Waals surface area contributed by atoms with E-state index in [4.69, 9.17) is 22.4 Å². The van der Waals surface area contributed by atoms with Crippen molar-refractivity contribution in [3.05, 3.63) is 16.9 Å². The molecule has 1 aromatic heterocycles. The molecule has 88 valence electrons. The second kappa shape index (κ2) is 5.06. The Hall–Kier alpha value is -1.44. The van der Waals surface area contributed by atoms with E-state index in [1.807, 2.05) is 0 Å². The number of nitrogens with zero attached hydrogens (tertiary/aromatic N) is 2. The number of nitrogen functional groups attached to an aromatic ring is 1. The summed E-state index contributed by atoms with van der Waals surface area (Å²) < 4.78 is 0. The van der Waals surface area contributed by atoms with Gasteiger partial charge < -0.3 is 21.1 Å². The van der Waals surface area contributed by atoms with Crippen LogP contribution in [0.5, 0.6) is 0 Å². The molecule has 0 aliphatic rings. The summed E-state index contributed by atoms with van der Waals surface area (Å²) in [5.74, 6) is -1.31. The molecule has 0 aliphatic carbocycles. The number of anilines is 1. The normalized spacial score (nSPS) is 14.4. The Labute approximate surface area is 95.5 Å². The SMILES string of the molecule is Nc1ncc(C(O)C(O)CC(=O)O)c(Cl)n1. The molecule has 5 N–H and O–H groups in total. The summed E-state index contributed by atoms with van der Waals surface area (Å²) in [7, 11) is 0. The molecule has 0 radical (unpaired) electrons. The molecule has 0 saturated carbocycles. The summed E-state index contributed by atoms with van der Waals surface area (Å²) in [6.45, 7) is 0. The van der Waals surface area contributed by atoms with Gasteiger partial charge in [0.25, 0.3) is 0 Å². The number of rotatable bonds is 4. The molecule has 0 aromatic carbocycles. The Morgan fingerprint density at radius 1 is 1.56 bits per heavy atom. The Morgan fingerprint density at radius 2 is 2.19 bits per heavy atom. The van der Waals surface area contributed by atoms with E-state index in [9.17, 15) is 15.0 Å². The summed E-state index contributed by atoms with van der Waals surface area (Å²) in [6, 6.07) is 0. The van der Waals surface area contributed by atoms with Crippen molar-refractivity contribution < 1.29 is 20.1 Å². The van der Waals surface area contributed by atoms with Crippen molar-refractivity contribution in [2.75, 3.05) is 5.73 Å². The van der Waals surface area contributed by atoms with E-state index in [1.54, 1.807) is 0 Å². The fourth-order valence-electron chi connectivity index (χ4n) is 1.08. The van der Waals surface area contributed by atoms with E-state index in [0.717, 1.165) is 6.20 Å². The average molecular weight is 248 g/mol. The van der Waals surface area contributed by atoms with Gasteiger partial charge in [0, 0.05) is 11.8 Å². The maximum atomic E-state index is 10.3. The molecule has 0 amide bonds. The van der Waals surface area contributed by atoms with Gasteiger partial charge in [-0.05, 0) is 0 Å². The third-order valence-corrected chi connectivity index (χ3v) is 2.16. The van der Waals surface area contributed by atoms with Gasteiger partial charge in [-0.3, -0.25) is 4.79 Å². The zero-order chi connectivity index (χ0) is 12.3. The number of carbonyl (C=O) groups is 1. The van der Waals surface area contributed by atoms with Crippen LogP contribution in [0.25, 0.3) is 0 Å². The summed E-state index contributed by atoms with van der Waals surface area (Å²) in [4.78, 5) is 17.5. The molecule has 0 fully saturated rings. The number of hydrogen-bond acceptors (Lipinski definition) is 6. The van der Waals surface area contributed by atoms with Crippen molar-refractivity contribution in [1.82, 2.24) is 9.97 Å². The van der Waals surface area contributed by atoms with Crippen LogP contribution in [-0.2, 0) is 4.79 Å². The molecular weight excluding hydrogens is 238 g/mol. The minimum Gasteiger partial charge on any atom is -0.481 e. The van der Waals surface area contributed by atoms with Crippen LogP contribution < -0.4 is 5.73 Å². The number of hydrogen-bond donors (Lipinski definition) is 4. The van der Waals surface area contributed by atoms with Crippen LogP contribution in [0.3, 0.4) is 0 Å². The summed E-state index contributed by atoms with van der Waals surface area (Å²) >= 11 is 5.66. The fraction of sp³-hybridized carbons (Fsp3) is 0.375. The maximum absolute atomic E-state index is 10.3. The molecule has 0 bridgehead atoms. The number of halogens is 1. The van der Waals surface area contributed by atoms with Crippen LogP contribution in [0.4, 0.5) is 5.95 Å². The van der Waals surface area contributed by atoms with Crippen LogP contribution in [0.15, 0.2) is 6.20 Å². The average Bonchev–Trinajstić information content (AvgIpc) is 2.15. The van der Waals surface area contributed by atoms with Gasteiger partial charge >= 0.3 is 5.97 Å². The van der Waals surface area contributed by atoms with Gasteiger partial charge in [0.2, 0.25) is 5.95 Å². The molecule has 2 atom stereocenters. The Bertz CT molecular complexity index is 401. The second-order valence-electron chi connectivity index (χ2n) is 3.08. The van der Waals surface area contributed by atoms with E-state index < -0.39 is 24.6 Å². The smallest absolute Gasteiger partial charge is 0.306 e. The van der Waals surface area contributed by atoms with Crippen LogP contribution in [0.1, 0.15) is 18.1 Å². The molecule has 0 saturated heterocycles. The number of aromatic nitrogens is 2. The Balaban J connectivity index is 2.87. The van der Waals surface area contributed by atoms with Crippen LogP contribution >= 0.6 is 11.6 Å². The number of aliphatic carboxylic acids is 1. The van der Waals surface area contributed by atoms with Gasteiger partial charge in [0.15, 0.2) is 0 Å². The van der Waals surface area contributed by atoms with E-state index in [0.29, 0.717) is 0 Å². The molecule has 8 heteroatoms. The Kier molecular flexibility index (Phi) is 3.99.